The molecule has 4 rings (SSSR count). The molecular weight excluding hydrogens is 487 g/mol. The third kappa shape index (κ3) is 4.91. The fourth-order valence-electron chi connectivity index (χ4n) is 4.88. The van der Waals surface area contributed by atoms with Gasteiger partial charge in [0.05, 0.1) is 17.8 Å². The Hall–Kier alpha value is -3.50. The van der Waals surface area contributed by atoms with Gasteiger partial charge in [0.1, 0.15) is 35.4 Å². The number of benzene rings is 1. The molecular formula is C27H28F3N3O4. The number of rotatable bonds is 8. The van der Waals surface area contributed by atoms with Crippen LogP contribution in [0.5, 0.6) is 5.75 Å². The fourth-order valence-corrected chi connectivity index (χ4v) is 4.88. The SMILES string of the molecule is CC(C)C1(c2c(F)c(-c3c(F)cc(OCCO)cc3F)nc(C(N)=O)c2-c2cccnc2)CCCCO1. The summed E-state index contributed by atoms with van der Waals surface area (Å²) in [6.45, 7) is 3.51. The molecule has 1 unspecified atom stereocenters. The minimum atomic E-state index is -1.22. The third-order valence-electron chi connectivity index (χ3n) is 6.59. The number of aliphatic hydroxyl groups excluding tert-OH is 1. The molecule has 1 fully saturated rings. The number of hydrogen-bond donors (Lipinski definition) is 2. The number of aromatic nitrogens is 2. The Bertz CT molecular complexity index is 1270. The Morgan fingerprint density at radius 2 is 1.95 bits per heavy atom. The highest BCUT2D eigenvalue weighted by atomic mass is 19.1. The third-order valence-corrected chi connectivity index (χ3v) is 6.59. The molecule has 37 heavy (non-hydrogen) atoms. The number of ether oxygens (including phenoxy) is 2. The van der Waals surface area contributed by atoms with Crippen LogP contribution >= 0.6 is 0 Å². The van der Waals surface area contributed by atoms with Gasteiger partial charge in [-0.25, -0.2) is 18.2 Å². The minimum absolute atomic E-state index is 0.0339. The first-order valence-electron chi connectivity index (χ1n) is 12.0. The maximum absolute atomic E-state index is 16.7. The van der Waals surface area contributed by atoms with Crippen molar-refractivity contribution in [3.05, 3.63) is 65.4 Å². The van der Waals surface area contributed by atoms with Crippen molar-refractivity contribution in [3.8, 4) is 28.1 Å². The number of amides is 1. The predicted molar refractivity (Wildman–Crippen MR) is 130 cm³/mol. The summed E-state index contributed by atoms with van der Waals surface area (Å²) in [5.41, 5.74) is 3.08. The normalized spacial score (nSPS) is 17.7. The lowest BCUT2D eigenvalue weighted by atomic mass is 9.74. The Morgan fingerprint density at radius 3 is 2.49 bits per heavy atom. The van der Waals surface area contributed by atoms with Crippen molar-refractivity contribution in [2.24, 2.45) is 11.7 Å². The van der Waals surface area contributed by atoms with E-state index < -0.39 is 40.2 Å². The smallest absolute Gasteiger partial charge is 0.267 e. The number of halogens is 3. The number of pyridine rings is 2. The molecule has 1 aliphatic heterocycles. The van der Waals surface area contributed by atoms with Crippen molar-refractivity contribution in [3.63, 3.8) is 0 Å². The molecule has 3 aromatic rings. The summed E-state index contributed by atoms with van der Waals surface area (Å²) in [6, 6.07) is 4.97. The second-order valence-corrected chi connectivity index (χ2v) is 9.16. The van der Waals surface area contributed by atoms with Crippen molar-refractivity contribution < 1.29 is 32.5 Å². The molecule has 10 heteroatoms. The molecule has 1 aromatic carbocycles. The van der Waals surface area contributed by atoms with Crippen molar-refractivity contribution in [1.82, 2.24) is 9.97 Å². The first-order chi connectivity index (χ1) is 17.7. The molecule has 2 aromatic heterocycles. The molecule has 0 saturated carbocycles. The highest BCUT2D eigenvalue weighted by molar-refractivity contribution is 6.00. The van der Waals surface area contributed by atoms with E-state index >= 15 is 13.2 Å². The van der Waals surface area contributed by atoms with Crippen LogP contribution in [0.25, 0.3) is 22.4 Å². The molecule has 0 spiro atoms. The van der Waals surface area contributed by atoms with Crippen LogP contribution in [0.4, 0.5) is 13.2 Å². The van der Waals surface area contributed by atoms with Gasteiger partial charge < -0.3 is 20.3 Å². The van der Waals surface area contributed by atoms with Gasteiger partial charge in [-0.1, -0.05) is 19.9 Å². The highest BCUT2D eigenvalue weighted by Gasteiger charge is 2.45. The Labute approximate surface area is 212 Å². The van der Waals surface area contributed by atoms with E-state index in [4.69, 9.17) is 20.3 Å². The van der Waals surface area contributed by atoms with Crippen LogP contribution in [-0.2, 0) is 10.3 Å². The summed E-state index contributed by atoms with van der Waals surface area (Å²) in [6.07, 6.45) is 4.85. The molecule has 1 aliphatic rings. The summed E-state index contributed by atoms with van der Waals surface area (Å²) < 4.78 is 58.5. The van der Waals surface area contributed by atoms with Gasteiger partial charge >= 0.3 is 0 Å². The lowest BCUT2D eigenvalue weighted by Gasteiger charge is -2.43. The highest BCUT2D eigenvalue weighted by Crippen LogP contribution is 2.49. The number of aliphatic hydroxyl groups is 1. The second-order valence-electron chi connectivity index (χ2n) is 9.16. The number of nitrogens with zero attached hydrogens (tertiary/aromatic N) is 2. The largest absolute Gasteiger partial charge is 0.491 e. The topological polar surface area (TPSA) is 108 Å². The van der Waals surface area contributed by atoms with E-state index in [1.54, 1.807) is 12.1 Å². The first kappa shape index (κ1) is 26.6. The maximum Gasteiger partial charge on any atom is 0.267 e. The molecule has 0 radical (unpaired) electrons. The monoisotopic (exact) mass is 515 g/mol. The molecule has 3 N–H and O–H groups in total. The minimum Gasteiger partial charge on any atom is -0.491 e. The van der Waals surface area contributed by atoms with Crippen molar-refractivity contribution in [2.75, 3.05) is 19.8 Å². The zero-order valence-electron chi connectivity index (χ0n) is 20.6. The van der Waals surface area contributed by atoms with E-state index in [9.17, 15) is 4.79 Å². The van der Waals surface area contributed by atoms with Crippen LogP contribution < -0.4 is 10.5 Å². The van der Waals surface area contributed by atoms with E-state index in [2.05, 4.69) is 9.97 Å². The first-order valence-corrected chi connectivity index (χ1v) is 12.0. The zero-order valence-corrected chi connectivity index (χ0v) is 20.6. The fraction of sp³-hybridized carbons (Fsp3) is 0.370. The number of nitrogens with two attached hydrogens (primary N) is 1. The average Bonchev–Trinajstić information content (AvgIpc) is 2.88. The van der Waals surface area contributed by atoms with Gasteiger partial charge in [-0.3, -0.25) is 9.78 Å². The van der Waals surface area contributed by atoms with Gasteiger partial charge in [-0.05, 0) is 31.2 Å². The van der Waals surface area contributed by atoms with E-state index in [0.717, 1.165) is 18.6 Å². The molecule has 1 saturated heterocycles. The zero-order chi connectivity index (χ0) is 26.7. The van der Waals surface area contributed by atoms with E-state index in [1.165, 1.54) is 12.4 Å². The molecule has 0 bridgehead atoms. The van der Waals surface area contributed by atoms with Gasteiger partial charge in [0.2, 0.25) is 0 Å². The summed E-state index contributed by atoms with van der Waals surface area (Å²) in [7, 11) is 0. The van der Waals surface area contributed by atoms with Crippen LogP contribution in [0.15, 0.2) is 36.7 Å². The second kappa shape index (κ2) is 10.9. The predicted octanol–water partition coefficient (Wildman–Crippen LogP) is 4.75. The van der Waals surface area contributed by atoms with Gasteiger partial charge in [-0.2, -0.15) is 0 Å². The maximum atomic E-state index is 16.7. The number of hydrogen-bond acceptors (Lipinski definition) is 6. The summed E-state index contributed by atoms with van der Waals surface area (Å²) in [5, 5.41) is 8.93. The quantitative estimate of drug-likeness (QED) is 0.448. The van der Waals surface area contributed by atoms with Crippen LogP contribution in [0, 0.1) is 23.4 Å². The summed E-state index contributed by atoms with van der Waals surface area (Å²) in [4.78, 5) is 20.9. The lowest BCUT2D eigenvalue weighted by Crippen LogP contribution is -2.41. The van der Waals surface area contributed by atoms with E-state index in [0.29, 0.717) is 25.0 Å². The lowest BCUT2D eigenvalue weighted by molar-refractivity contribution is -0.116. The van der Waals surface area contributed by atoms with Crippen molar-refractivity contribution >= 4 is 5.91 Å². The Morgan fingerprint density at radius 1 is 1.22 bits per heavy atom. The van der Waals surface area contributed by atoms with Crippen molar-refractivity contribution in [2.45, 2.75) is 38.7 Å². The number of primary amides is 1. The van der Waals surface area contributed by atoms with Gasteiger partial charge in [-0.15, -0.1) is 0 Å². The van der Waals surface area contributed by atoms with E-state index in [1.807, 2.05) is 13.8 Å². The van der Waals surface area contributed by atoms with E-state index in [-0.39, 0.29) is 41.7 Å². The molecule has 196 valence electrons. The van der Waals surface area contributed by atoms with Crippen LogP contribution in [0.3, 0.4) is 0 Å². The number of carbonyl (C=O) groups excluding carboxylic acids is 1. The Kier molecular flexibility index (Phi) is 7.79. The van der Waals surface area contributed by atoms with Gasteiger partial charge in [0.25, 0.3) is 5.91 Å². The molecule has 3 heterocycles. The molecule has 7 nitrogen and oxygen atoms in total. The summed E-state index contributed by atoms with van der Waals surface area (Å²) >= 11 is 0. The average molecular weight is 516 g/mol. The van der Waals surface area contributed by atoms with Crippen molar-refractivity contribution in [1.29, 1.82) is 0 Å². The van der Waals surface area contributed by atoms with Crippen LogP contribution in [0.1, 0.15) is 49.2 Å². The number of carbonyl (C=O) groups is 1. The molecule has 1 atom stereocenters. The molecule has 1 amide bonds. The van der Waals surface area contributed by atoms with Gasteiger partial charge in [0, 0.05) is 47.8 Å². The van der Waals surface area contributed by atoms with Crippen LogP contribution in [0.2, 0.25) is 0 Å². The standard InChI is InChI=1S/C27H28F3N3O4/c1-15(2)27(7-3-4-10-37-27)22-20(16-6-5-8-32-14-16)25(26(31)35)33-24(23(22)30)21-18(28)12-17(13-19(21)29)36-11-9-34/h5-6,8,12-15,34H,3-4,7,9-11H2,1-2H3,(H2,31,35). The molecule has 0 aliphatic carbocycles. The van der Waals surface area contributed by atoms with Gasteiger partial charge in [0.15, 0.2) is 5.82 Å². The Balaban J connectivity index is 2.09. The van der Waals surface area contributed by atoms with Crippen LogP contribution in [-0.4, -0.2) is 40.8 Å². The summed E-state index contributed by atoms with van der Waals surface area (Å²) in [5.74, 6) is -4.79.